The second-order valence-corrected chi connectivity index (χ2v) is 3.17. The van der Waals surface area contributed by atoms with Crippen LogP contribution in [0.2, 0.25) is 0 Å². The molecule has 1 heterocycles. The van der Waals surface area contributed by atoms with Crippen LogP contribution in [0, 0.1) is 0 Å². The number of benzene rings is 1. The van der Waals surface area contributed by atoms with Crippen LogP contribution in [0.3, 0.4) is 0 Å². The lowest BCUT2D eigenvalue weighted by molar-refractivity contribution is -0.111. The lowest BCUT2D eigenvalue weighted by atomic mass is 10.2. The van der Waals surface area contributed by atoms with Crippen LogP contribution >= 0.6 is 0 Å². The highest BCUT2D eigenvalue weighted by molar-refractivity contribution is 6.00. The molecule has 1 aromatic heterocycles. The number of carbonyl (C=O) groups is 1. The van der Waals surface area contributed by atoms with Gasteiger partial charge in [0.2, 0.25) is 5.95 Å². The number of nitrogens with zero attached hydrogens (tertiary/aromatic N) is 1. The summed E-state index contributed by atoms with van der Waals surface area (Å²) in [6, 6.07) is 9.63. The lowest BCUT2D eigenvalue weighted by Crippen LogP contribution is -2.08. The van der Waals surface area contributed by atoms with Gasteiger partial charge in [0.05, 0.1) is 0 Å². The number of carbonyl (C=O) groups excluding carboxylic acids is 1. The average Bonchev–Trinajstić information content (AvgIpc) is 2.81. The Morgan fingerprint density at radius 1 is 1.31 bits per heavy atom. The Balaban J connectivity index is 1.95. The number of nitrogens with one attached hydrogen (secondary N) is 2. The number of hydrogen-bond acceptors (Lipinski definition) is 2. The Hall–Kier alpha value is -2.36. The van der Waals surface area contributed by atoms with Gasteiger partial charge in [0.1, 0.15) is 0 Å². The minimum atomic E-state index is -0.209. The standard InChI is InChI=1S/C12H11N3O/c16-11(15-12-13-8-9-14-12)7-6-10-4-2-1-3-5-10/h1-9H,(H2,13,14,15,16). The van der Waals surface area contributed by atoms with Crippen molar-refractivity contribution in [2.45, 2.75) is 0 Å². The summed E-state index contributed by atoms with van der Waals surface area (Å²) in [4.78, 5) is 18.1. The van der Waals surface area contributed by atoms with E-state index >= 15 is 0 Å². The molecule has 0 aliphatic heterocycles. The second kappa shape index (κ2) is 4.93. The Bertz CT molecular complexity index is 474. The molecule has 0 spiro atoms. The highest BCUT2D eigenvalue weighted by Gasteiger charge is 1.97. The number of anilines is 1. The maximum atomic E-state index is 11.4. The van der Waals surface area contributed by atoms with Crippen LogP contribution < -0.4 is 5.32 Å². The first-order valence-electron chi connectivity index (χ1n) is 4.88. The molecule has 2 aromatic rings. The number of hydrogen-bond donors (Lipinski definition) is 2. The molecular weight excluding hydrogens is 202 g/mol. The third kappa shape index (κ3) is 2.81. The van der Waals surface area contributed by atoms with E-state index in [0.29, 0.717) is 5.95 Å². The average molecular weight is 213 g/mol. The van der Waals surface area contributed by atoms with Gasteiger partial charge in [-0.1, -0.05) is 30.3 Å². The fourth-order valence-electron chi connectivity index (χ4n) is 1.23. The van der Waals surface area contributed by atoms with Gasteiger partial charge >= 0.3 is 0 Å². The maximum Gasteiger partial charge on any atom is 0.250 e. The van der Waals surface area contributed by atoms with E-state index in [4.69, 9.17) is 0 Å². The Morgan fingerprint density at radius 2 is 2.12 bits per heavy atom. The van der Waals surface area contributed by atoms with Crippen LogP contribution in [0.4, 0.5) is 5.95 Å². The number of amides is 1. The molecule has 4 heteroatoms. The molecule has 0 saturated carbocycles. The van der Waals surface area contributed by atoms with E-state index in [2.05, 4.69) is 15.3 Å². The molecule has 0 aliphatic rings. The molecule has 0 radical (unpaired) electrons. The molecule has 0 fully saturated rings. The summed E-state index contributed by atoms with van der Waals surface area (Å²) in [5.41, 5.74) is 0.983. The van der Waals surface area contributed by atoms with Gasteiger partial charge in [-0.3, -0.25) is 10.1 Å². The molecule has 0 unspecified atom stereocenters. The number of imidazole rings is 1. The van der Waals surface area contributed by atoms with Crippen molar-refractivity contribution in [3.63, 3.8) is 0 Å². The second-order valence-electron chi connectivity index (χ2n) is 3.17. The van der Waals surface area contributed by atoms with Crippen LogP contribution in [0.15, 0.2) is 48.8 Å². The first kappa shape index (κ1) is 10.2. The summed E-state index contributed by atoms with van der Waals surface area (Å²) in [6.45, 7) is 0. The third-order valence-electron chi connectivity index (χ3n) is 1.97. The molecule has 1 amide bonds. The predicted molar refractivity (Wildman–Crippen MR) is 62.7 cm³/mol. The smallest absolute Gasteiger partial charge is 0.250 e. The van der Waals surface area contributed by atoms with E-state index in [-0.39, 0.29) is 5.91 Å². The summed E-state index contributed by atoms with van der Waals surface area (Å²) in [6.07, 6.45) is 6.45. The molecular formula is C12H11N3O. The molecule has 16 heavy (non-hydrogen) atoms. The summed E-state index contributed by atoms with van der Waals surface area (Å²) >= 11 is 0. The number of H-pyrrole nitrogens is 1. The molecule has 1 aromatic carbocycles. The number of rotatable bonds is 3. The van der Waals surface area contributed by atoms with E-state index < -0.39 is 0 Å². The minimum absolute atomic E-state index is 0.209. The van der Waals surface area contributed by atoms with Crippen molar-refractivity contribution in [1.82, 2.24) is 9.97 Å². The minimum Gasteiger partial charge on any atom is -0.331 e. The summed E-state index contributed by atoms with van der Waals surface area (Å²) in [5, 5.41) is 2.60. The van der Waals surface area contributed by atoms with Crippen molar-refractivity contribution in [3.05, 3.63) is 54.4 Å². The van der Waals surface area contributed by atoms with Gasteiger partial charge in [-0.2, -0.15) is 0 Å². The van der Waals surface area contributed by atoms with E-state index in [9.17, 15) is 4.79 Å². The van der Waals surface area contributed by atoms with Crippen LogP contribution in [0.1, 0.15) is 5.56 Å². The monoisotopic (exact) mass is 213 g/mol. The van der Waals surface area contributed by atoms with Crippen LogP contribution in [-0.2, 0) is 4.79 Å². The number of aromatic nitrogens is 2. The zero-order valence-corrected chi connectivity index (χ0v) is 8.55. The van der Waals surface area contributed by atoms with Gasteiger partial charge in [-0.15, -0.1) is 0 Å². The molecule has 80 valence electrons. The maximum absolute atomic E-state index is 11.4. The number of aromatic amines is 1. The largest absolute Gasteiger partial charge is 0.331 e. The summed E-state index contributed by atoms with van der Waals surface area (Å²) < 4.78 is 0. The van der Waals surface area contributed by atoms with Gasteiger partial charge in [0.15, 0.2) is 0 Å². The van der Waals surface area contributed by atoms with Crippen molar-refractivity contribution >= 4 is 17.9 Å². The highest BCUT2D eigenvalue weighted by atomic mass is 16.1. The SMILES string of the molecule is O=C(C=Cc1ccccc1)Nc1ncc[nH]1. The molecule has 0 aliphatic carbocycles. The molecule has 4 nitrogen and oxygen atoms in total. The zero-order valence-electron chi connectivity index (χ0n) is 8.55. The fourth-order valence-corrected chi connectivity index (χ4v) is 1.23. The van der Waals surface area contributed by atoms with Crippen LogP contribution in [0.25, 0.3) is 6.08 Å². The summed E-state index contributed by atoms with van der Waals surface area (Å²) in [7, 11) is 0. The first-order chi connectivity index (χ1) is 7.84. The van der Waals surface area contributed by atoms with E-state index in [1.54, 1.807) is 18.5 Å². The molecule has 0 atom stereocenters. The van der Waals surface area contributed by atoms with Crippen LogP contribution in [-0.4, -0.2) is 15.9 Å². The Labute approximate surface area is 93.0 Å². The normalized spacial score (nSPS) is 10.5. The van der Waals surface area contributed by atoms with Crippen molar-refractivity contribution in [3.8, 4) is 0 Å². The van der Waals surface area contributed by atoms with Crippen molar-refractivity contribution in [2.24, 2.45) is 0 Å². The molecule has 2 rings (SSSR count). The Morgan fingerprint density at radius 3 is 2.81 bits per heavy atom. The topological polar surface area (TPSA) is 57.8 Å². The van der Waals surface area contributed by atoms with Gasteiger partial charge < -0.3 is 4.98 Å². The van der Waals surface area contributed by atoms with Crippen molar-refractivity contribution < 1.29 is 4.79 Å². The lowest BCUT2D eigenvalue weighted by Gasteiger charge is -1.95. The molecule has 0 saturated heterocycles. The quantitative estimate of drug-likeness (QED) is 0.767. The van der Waals surface area contributed by atoms with E-state index in [0.717, 1.165) is 5.56 Å². The third-order valence-corrected chi connectivity index (χ3v) is 1.97. The predicted octanol–water partition coefficient (Wildman–Crippen LogP) is 2.06. The molecule has 0 bridgehead atoms. The zero-order chi connectivity index (χ0) is 11.2. The summed E-state index contributed by atoms with van der Waals surface area (Å²) in [5.74, 6) is 0.238. The van der Waals surface area contributed by atoms with Gasteiger partial charge in [0.25, 0.3) is 5.91 Å². The first-order valence-corrected chi connectivity index (χ1v) is 4.88. The molecule has 2 N–H and O–H groups in total. The van der Waals surface area contributed by atoms with E-state index in [1.165, 1.54) is 6.08 Å². The highest BCUT2D eigenvalue weighted by Crippen LogP contribution is 2.01. The van der Waals surface area contributed by atoms with E-state index in [1.807, 2.05) is 30.3 Å². The van der Waals surface area contributed by atoms with Gasteiger partial charge in [-0.25, -0.2) is 4.98 Å². The van der Waals surface area contributed by atoms with Gasteiger partial charge in [0, 0.05) is 18.5 Å². The van der Waals surface area contributed by atoms with Crippen molar-refractivity contribution in [1.29, 1.82) is 0 Å². The Kier molecular flexibility index (Phi) is 3.13. The fraction of sp³-hybridized carbons (Fsp3) is 0. The van der Waals surface area contributed by atoms with Gasteiger partial charge in [-0.05, 0) is 11.6 Å². The van der Waals surface area contributed by atoms with Crippen LogP contribution in [0.5, 0.6) is 0 Å². The van der Waals surface area contributed by atoms with Crippen molar-refractivity contribution in [2.75, 3.05) is 5.32 Å².